The third-order valence-electron chi connectivity index (χ3n) is 6.57. The topological polar surface area (TPSA) is 71.4 Å². The summed E-state index contributed by atoms with van der Waals surface area (Å²) >= 11 is 6.08. The van der Waals surface area contributed by atoms with Crippen LogP contribution in [0.5, 0.6) is 0 Å². The number of aliphatic carboxylic acids is 1. The Morgan fingerprint density at radius 3 is 2.52 bits per heavy atom. The summed E-state index contributed by atoms with van der Waals surface area (Å²) in [5.74, 6) is -2.06. The van der Waals surface area contributed by atoms with E-state index in [1.54, 1.807) is 12.1 Å². The van der Waals surface area contributed by atoms with Crippen LogP contribution in [0.15, 0.2) is 46.9 Å². The van der Waals surface area contributed by atoms with Gasteiger partial charge in [-0.05, 0) is 77.6 Å². The Balaban J connectivity index is 1.97. The van der Waals surface area contributed by atoms with Crippen molar-refractivity contribution in [2.45, 2.75) is 49.3 Å². The number of carbonyl (C=O) groups is 1. The van der Waals surface area contributed by atoms with Crippen molar-refractivity contribution in [3.8, 4) is 0 Å². The molecular weight excluding hydrogens is 439 g/mol. The van der Waals surface area contributed by atoms with Gasteiger partial charge < -0.3 is 5.11 Å². The molecule has 0 spiro atoms. The summed E-state index contributed by atoms with van der Waals surface area (Å²) in [5.41, 5.74) is 4.13. The van der Waals surface area contributed by atoms with E-state index in [4.69, 9.17) is 11.6 Å². The molecule has 0 radical (unpaired) electrons. The van der Waals surface area contributed by atoms with Gasteiger partial charge in [0, 0.05) is 17.2 Å². The normalized spacial score (nSPS) is 21.2. The van der Waals surface area contributed by atoms with E-state index in [0.29, 0.717) is 35.4 Å². The molecule has 7 heteroatoms. The highest BCUT2D eigenvalue weighted by Crippen LogP contribution is 2.59. The van der Waals surface area contributed by atoms with Crippen molar-refractivity contribution in [2.75, 3.05) is 6.26 Å². The van der Waals surface area contributed by atoms with E-state index < -0.39 is 21.6 Å². The maximum absolute atomic E-state index is 14.5. The van der Waals surface area contributed by atoms with Crippen LogP contribution < -0.4 is 0 Å². The zero-order valence-electron chi connectivity index (χ0n) is 17.4. The molecule has 2 aliphatic carbocycles. The van der Waals surface area contributed by atoms with Gasteiger partial charge in [0.15, 0.2) is 9.84 Å². The highest BCUT2D eigenvalue weighted by atomic mass is 35.5. The Hall–Kier alpha value is -2.18. The molecule has 2 aromatic carbocycles. The molecule has 0 saturated heterocycles. The lowest BCUT2D eigenvalue weighted by molar-refractivity contribution is -0.137. The second-order valence-corrected chi connectivity index (χ2v) is 10.9. The monoisotopic (exact) mass is 462 g/mol. The number of halogens is 2. The maximum atomic E-state index is 14.5. The van der Waals surface area contributed by atoms with E-state index in [-0.39, 0.29) is 29.1 Å². The van der Waals surface area contributed by atoms with E-state index in [2.05, 4.69) is 0 Å². The van der Waals surface area contributed by atoms with Gasteiger partial charge in [0.2, 0.25) is 0 Å². The molecule has 0 amide bonds. The van der Waals surface area contributed by atoms with Gasteiger partial charge in [-0.25, -0.2) is 12.8 Å². The molecule has 0 saturated carbocycles. The summed E-state index contributed by atoms with van der Waals surface area (Å²) in [5, 5.41) is 10.1. The predicted octanol–water partition coefficient (Wildman–Crippen LogP) is 5.81. The fourth-order valence-electron chi connectivity index (χ4n) is 5.44. The van der Waals surface area contributed by atoms with Crippen molar-refractivity contribution in [3.05, 3.63) is 69.5 Å². The van der Waals surface area contributed by atoms with Gasteiger partial charge >= 0.3 is 5.97 Å². The summed E-state index contributed by atoms with van der Waals surface area (Å²) in [6.07, 6.45) is 3.09. The number of fused-ring (bicyclic) bond motifs is 2. The van der Waals surface area contributed by atoms with Gasteiger partial charge in [0.25, 0.3) is 0 Å². The molecule has 0 fully saturated rings. The largest absolute Gasteiger partial charge is 0.481 e. The summed E-state index contributed by atoms with van der Waals surface area (Å²) in [6.45, 7) is 2.03. The van der Waals surface area contributed by atoms with Crippen LogP contribution in [0, 0.1) is 11.7 Å². The molecule has 31 heavy (non-hydrogen) atoms. The third-order valence-corrected chi connectivity index (χ3v) is 7.96. The number of sulfone groups is 1. The molecule has 1 unspecified atom stereocenters. The number of allylic oxidation sites excluding steroid dienone is 2. The zero-order valence-corrected chi connectivity index (χ0v) is 18.9. The van der Waals surface area contributed by atoms with Crippen LogP contribution in [0.1, 0.15) is 61.1 Å². The highest BCUT2D eigenvalue weighted by molar-refractivity contribution is 7.90. The van der Waals surface area contributed by atoms with Gasteiger partial charge in [0.05, 0.1) is 11.3 Å². The lowest BCUT2D eigenvalue weighted by Gasteiger charge is -2.30. The van der Waals surface area contributed by atoms with Crippen molar-refractivity contribution in [3.63, 3.8) is 0 Å². The van der Waals surface area contributed by atoms with Crippen molar-refractivity contribution in [1.29, 1.82) is 0 Å². The number of hydrogen-bond acceptors (Lipinski definition) is 3. The Bertz CT molecular complexity index is 1180. The Morgan fingerprint density at radius 1 is 1.26 bits per heavy atom. The minimum absolute atomic E-state index is 0.00314. The fourth-order valence-corrected chi connectivity index (χ4v) is 6.53. The standard InChI is InChI=1S/C24H24ClFO4S/c1-3-17(13-4-7-15(25)8-5-13)24-22-14(10-21(27)28)6-9-18(22)19-11-16(26)12-20(23(19)24)31(2,29)30/h4-5,7-8,11-12,14,17,24H,3,6,9-10H2,1-2H3,(H,27,28)/t14-,17+,24?/m1/s1. The van der Waals surface area contributed by atoms with E-state index in [1.165, 1.54) is 6.07 Å². The molecule has 3 atom stereocenters. The molecule has 0 aliphatic heterocycles. The first-order valence-electron chi connectivity index (χ1n) is 10.4. The predicted molar refractivity (Wildman–Crippen MR) is 119 cm³/mol. The van der Waals surface area contributed by atoms with Gasteiger partial charge in [-0.2, -0.15) is 0 Å². The van der Waals surface area contributed by atoms with Gasteiger partial charge in [-0.1, -0.05) is 36.2 Å². The summed E-state index contributed by atoms with van der Waals surface area (Å²) < 4.78 is 39.8. The number of carboxylic acids is 1. The van der Waals surface area contributed by atoms with Crippen LogP contribution in [-0.4, -0.2) is 25.7 Å². The van der Waals surface area contributed by atoms with Crippen LogP contribution in [0.2, 0.25) is 5.02 Å². The molecule has 4 rings (SSSR count). The van der Waals surface area contributed by atoms with E-state index in [1.807, 2.05) is 19.1 Å². The lowest BCUT2D eigenvalue weighted by atomic mass is 9.74. The smallest absolute Gasteiger partial charge is 0.303 e. The van der Waals surface area contributed by atoms with Crippen LogP contribution in [-0.2, 0) is 14.6 Å². The fraction of sp³-hybridized carbons (Fsp3) is 0.375. The summed E-state index contributed by atoms with van der Waals surface area (Å²) in [4.78, 5) is 11.6. The van der Waals surface area contributed by atoms with Crippen molar-refractivity contribution in [1.82, 2.24) is 0 Å². The van der Waals surface area contributed by atoms with Crippen LogP contribution in [0.25, 0.3) is 5.57 Å². The third kappa shape index (κ3) is 3.92. The number of carboxylic acid groups (broad SMARTS) is 1. The van der Waals surface area contributed by atoms with Gasteiger partial charge in [-0.15, -0.1) is 0 Å². The average molecular weight is 463 g/mol. The Labute approximate surface area is 186 Å². The first-order chi connectivity index (χ1) is 14.6. The Kier molecular flexibility index (Phi) is 5.73. The minimum atomic E-state index is -3.69. The summed E-state index contributed by atoms with van der Waals surface area (Å²) in [6, 6.07) is 9.98. The second kappa shape index (κ2) is 8.06. The molecule has 2 aliphatic rings. The van der Waals surface area contributed by atoms with Crippen LogP contribution >= 0.6 is 11.6 Å². The number of benzene rings is 2. The first kappa shape index (κ1) is 22.0. The van der Waals surface area contributed by atoms with Crippen LogP contribution in [0.3, 0.4) is 0 Å². The summed E-state index contributed by atoms with van der Waals surface area (Å²) in [7, 11) is -3.69. The number of hydrogen-bond donors (Lipinski definition) is 1. The van der Waals surface area contributed by atoms with E-state index >= 15 is 0 Å². The SMILES string of the molecule is CC[C@@H](c1ccc(Cl)cc1)C1C2=C(CC[C@@H]2CC(=O)O)c2cc(F)cc(S(C)(=O)=O)c21. The molecule has 2 aromatic rings. The number of rotatable bonds is 6. The average Bonchev–Trinajstić information content (AvgIpc) is 3.22. The van der Waals surface area contributed by atoms with Gasteiger partial charge in [0.1, 0.15) is 5.82 Å². The van der Waals surface area contributed by atoms with Crippen molar-refractivity contribution in [2.24, 2.45) is 5.92 Å². The highest BCUT2D eigenvalue weighted by Gasteiger charge is 2.45. The molecule has 164 valence electrons. The van der Waals surface area contributed by atoms with E-state index in [0.717, 1.165) is 29.0 Å². The molecule has 4 nitrogen and oxygen atoms in total. The van der Waals surface area contributed by atoms with Gasteiger partial charge in [-0.3, -0.25) is 4.79 Å². The Morgan fingerprint density at radius 2 is 1.94 bits per heavy atom. The molecule has 0 aromatic heterocycles. The second-order valence-electron chi connectivity index (χ2n) is 8.45. The molecule has 0 heterocycles. The van der Waals surface area contributed by atoms with Crippen LogP contribution in [0.4, 0.5) is 4.39 Å². The maximum Gasteiger partial charge on any atom is 0.303 e. The minimum Gasteiger partial charge on any atom is -0.481 e. The van der Waals surface area contributed by atoms with Crippen molar-refractivity contribution >= 4 is 33.0 Å². The van der Waals surface area contributed by atoms with Crippen molar-refractivity contribution < 1.29 is 22.7 Å². The molecule has 0 bridgehead atoms. The van der Waals surface area contributed by atoms with E-state index in [9.17, 15) is 22.7 Å². The zero-order chi connectivity index (χ0) is 22.5. The molecular formula is C24H24ClFO4S. The first-order valence-corrected chi connectivity index (χ1v) is 12.6. The quantitative estimate of drug-likeness (QED) is 0.587. The molecule has 1 N–H and O–H groups in total. The lowest BCUT2D eigenvalue weighted by Crippen LogP contribution is -2.19.